The van der Waals surface area contributed by atoms with E-state index in [1.54, 1.807) is 6.07 Å². The van der Waals surface area contributed by atoms with Gasteiger partial charge in [-0.3, -0.25) is 4.55 Å². The van der Waals surface area contributed by atoms with E-state index in [2.05, 4.69) is 0 Å². The van der Waals surface area contributed by atoms with E-state index in [9.17, 15) is 26.5 Å². The van der Waals surface area contributed by atoms with E-state index >= 15 is 0 Å². The number of hydrogen-bond acceptors (Lipinski definition) is 6. The molecular weight excluding hydrogens is 402 g/mol. The zero-order chi connectivity index (χ0) is 19.3. The van der Waals surface area contributed by atoms with Crippen LogP contribution in [0.4, 0.5) is 5.69 Å². The summed E-state index contributed by atoms with van der Waals surface area (Å²) in [5, 5.41) is 9.62. The molecule has 4 N–H and O–H groups in total. The Balaban J connectivity index is 2.52. The van der Waals surface area contributed by atoms with Crippen LogP contribution in [0.2, 0.25) is 5.02 Å². The summed E-state index contributed by atoms with van der Waals surface area (Å²) >= 11 is 6.07. The first-order valence-corrected chi connectivity index (χ1v) is 10.4. The van der Waals surface area contributed by atoms with Crippen LogP contribution in [-0.4, -0.2) is 26.5 Å². The molecule has 26 heavy (non-hydrogen) atoms. The number of aromatic hydroxyl groups is 1. The van der Waals surface area contributed by atoms with Crippen molar-refractivity contribution in [3.63, 3.8) is 0 Å². The van der Waals surface area contributed by atoms with Crippen LogP contribution in [0.5, 0.6) is 5.75 Å². The Bertz CT molecular complexity index is 1240. The smallest absolute Gasteiger partial charge is 0.294 e. The lowest BCUT2D eigenvalue weighted by atomic mass is 10.1. The number of phenols is 1. The average molecular weight is 414 g/mol. The number of anilines is 1. The van der Waals surface area contributed by atoms with E-state index in [-0.39, 0.29) is 26.4 Å². The summed E-state index contributed by atoms with van der Waals surface area (Å²) in [6, 6.07) is 10.2. The fraction of sp³-hybridized carbons (Fsp3) is 0. The van der Waals surface area contributed by atoms with Crippen LogP contribution in [0.15, 0.2) is 63.2 Å². The summed E-state index contributed by atoms with van der Waals surface area (Å²) in [4.78, 5) is -1.20. The molecule has 0 amide bonds. The van der Waals surface area contributed by atoms with Crippen LogP contribution in [-0.2, 0) is 20.0 Å². The lowest BCUT2D eigenvalue weighted by Gasteiger charge is -2.13. The highest BCUT2D eigenvalue weighted by molar-refractivity contribution is 7.91. The van der Waals surface area contributed by atoms with Gasteiger partial charge in [0.2, 0.25) is 9.84 Å². The number of phenolic OH excluding ortho intramolecular Hbond substituents is 1. The molecule has 0 fully saturated rings. The van der Waals surface area contributed by atoms with Gasteiger partial charge in [0, 0.05) is 10.8 Å². The second-order valence-electron chi connectivity index (χ2n) is 5.43. The first-order chi connectivity index (χ1) is 12.0. The minimum Gasteiger partial charge on any atom is -0.506 e. The Morgan fingerprint density at radius 1 is 0.885 bits per heavy atom. The predicted molar refractivity (Wildman–Crippen MR) is 96.7 cm³/mol. The number of hydrogen-bond donors (Lipinski definition) is 3. The second-order valence-corrected chi connectivity index (χ2v) is 9.15. The van der Waals surface area contributed by atoms with E-state index in [1.807, 2.05) is 0 Å². The van der Waals surface area contributed by atoms with Crippen molar-refractivity contribution in [2.24, 2.45) is 0 Å². The van der Waals surface area contributed by atoms with Crippen molar-refractivity contribution in [2.45, 2.75) is 14.7 Å². The minimum atomic E-state index is -4.73. The molecule has 0 aliphatic carbocycles. The molecular formula is C16H12ClNO6S2. The zero-order valence-electron chi connectivity index (χ0n) is 12.9. The molecule has 0 bridgehead atoms. The van der Waals surface area contributed by atoms with E-state index in [4.69, 9.17) is 17.3 Å². The van der Waals surface area contributed by atoms with Crippen molar-refractivity contribution in [3.8, 4) is 5.75 Å². The summed E-state index contributed by atoms with van der Waals surface area (Å²) in [5.41, 5.74) is 5.39. The van der Waals surface area contributed by atoms with Crippen molar-refractivity contribution in [3.05, 3.63) is 53.6 Å². The third-order valence-electron chi connectivity index (χ3n) is 3.79. The largest absolute Gasteiger partial charge is 0.506 e. The quantitative estimate of drug-likeness (QED) is 0.341. The highest BCUT2D eigenvalue weighted by Crippen LogP contribution is 2.41. The highest BCUT2D eigenvalue weighted by Gasteiger charge is 2.26. The van der Waals surface area contributed by atoms with Crippen LogP contribution in [0.3, 0.4) is 0 Å². The van der Waals surface area contributed by atoms with E-state index in [0.717, 1.165) is 18.2 Å². The first-order valence-electron chi connectivity index (χ1n) is 7.06. The number of rotatable bonds is 3. The molecule has 0 unspecified atom stereocenters. The third-order valence-corrected chi connectivity index (χ3v) is 6.83. The predicted octanol–water partition coefficient (Wildman–Crippen LogP) is 2.86. The van der Waals surface area contributed by atoms with Crippen LogP contribution in [0.1, 0.15) is 0 Å². The molecule has 0 spiro atoms. The molecule has 0 aromatic heterocycles. The lowest BCUT2D eigenvalue weighted by molar-refractivity contribution is 0.478. The number of nitrogen functional groups attached to an aromatic ring is 1. The zero-order valence-corrected chi connectivity index (χ0v) is 15.3. The van der Waals surface area contributed by atoms with Crippen LogP contribution in [0, 0.1) is 0 Å². The van der Waals surface area contributed by atoms with Crippen LogP contribution >= 0.6 is 11.6 Å². The van der Waals surface area contributed by atoms with Gasteiger partial charge in [0.1, 0.15) is 5.75 Å². The van der Waals surface area contributed by atoms with Gasteiger partial charge in [-0.25, -0.2) is 8.42 Å². The van der Waals surface area contributed by atoms with E-state index < -0.39 is 35.5 Å². The SMILES string of the molecule is Nc1c(O)cc2c(S(=O)(=O)c3ccccc3)cc(S(=O)(=O)O)cc2c1Cl. The van der Waals surface area contributed by atoms with Gasteiger partial charge in [0.15, 0.2) is 0 Å². The van der Waals surface area contributed by atoms with Crippen LogP contribution < -0.4 is 5.73 Å². The van der Waals surface area contributed by atoms with Crippen molar-refractivity contribution in [2.75, 3.05) is 5.73 Å². The Hall–Kier alpha value is -2.33. The van der Waals surface area contributed by atoms with Crippen LogP contribution in [0.25, 0.3) is 10.8 Å². The van der Waals surface area contributed by atoms with Gasteiger partial charge in [-0.1, -0.05) is 29.8 Å². The molecule has 0 saturated heterocycles. The van der Waals surface area contributed by atoms with Gasteiger partial charge in [0.05, 0.1) is 25.4 Å². The number of benzene rings is 3. The average Bonchev–Trinajstić information content (AvgIpc) is 2.59. The van der Waals surface area contributed by atoms with Crippen molar-refractivity contribution in [1.82, 2.24) is 0 Å². The summed E-state index contributed by atoms with van der Waals surface area (Å²) < 4.78 is 58.6. The molecule has 136 valence electrons. The van der Waals surface area contributed by atoms with Gasteiger partial charge in [0.25, 0.3) is 10.1 Å². The Kier molecular flexibility index (Phi) is 4.35. The second kappa shape index (κ2) is 6.13. The highest BCUT2D eigenvalue weighted by atomic mass is 35.5. The standard InChI is InChI=1S/C16H12ClNO6S2/c17-15-12-6-10(26(22,23)24)7-14(11(12)8-13(19)16(15)18)25(20,21)9-4-2-1-3-5-9/h1-8,19H,18H2,(H,22,23,24). The van der Waals surface area contributed by atoms with Crippen molar-refractivity contribution < 1.29 is 26.5 Å². The third kappa shape index (κ3) is 2.99. The molecule has 3 aromatic carbocycles. The molecule has 0 heterocycles. The molecule has 0 radical (unpaired) electrons. The molecule has 3 aromatic rings. The monoisotopic (exact) mass is 413 g/mol. The van der Waals surface area contributed by atoms with Crippen molar-refractivity contribution in [1.29, 1.82) is 0 Å². The fourth-order valence-corrected chi connectivity index (χ4v) is 4.87. The maximum Gasteiger partial charge on any atom is 0.294 e. The number of fused-ring (bicyclic) bond motifs is 1. The maximum atomic E-state index is 13.0. The number of nitrogens with two attached hydrogens (primary N) is 1. The van der Waals surface area contributed by atoms with Gasteiger partial charge in [-0.2, -0.15) is 8.42 Å². The molecule has 0 saturated carbocycles. The van der Waals surface area contributed by atoms with Gasteiger partial charge >= 0.3 is 0 Å². The summed E-state index contributed by atoms with van der Waals surface area (Å²) in [5.74, 6) is -0.452. The molecule has 3 rings (SSSR count). The normalized spacial score (nSPS) is 12.4. The topological polar surface area (TPSA) is 135 Å². The summed E-state index contributed by atoms with van der Waals surface area (Å²) in [6.07, 6.45) is 0. The molecule has 0 atom stereocenters. The Labute approximate surface area is 154 Å². The minimum absolute atomic E-state index is 0.0297. The molecule has 0 aliphatic heterocycles. The van der Waals surface area contributed by atoms with Crippen molar-refractivity contribution >= 4 is 48.0 Å². The number of sulfone groups is 1. The van der Waals surface area contributed by atoms with Gasteiger partial charge in [-0.05, 0) is 30.3 Å². The van der Waals surface area contributed by atoms with E-state index in [1.165, 1.54) is 24.3 Å². The molecule has 7 nitrogen and oxygen atoms in total. The number of halogens is 1. The van der Waals surface area contributed by atoms with E-state index in [0.29, 0.717) is 0 Å². The fourth-order valence-electron chi connectivity index (χ4n) is 2.50. The van der Waals surface area contributed by atoms with Gasteiger partial charge < -0.3 is 10.8 Å². The van der Waals surface area contributed by atoms with Gasteiger partial charge in [-0.15, -0.1) is 0 Å². The summed E-state index contributed by atoms with van der Waals surface area (Å²) in [6.45, 7) is 0. The first kappa shape index (κ1) is 18.5. The maximum absolute atomic E-state index is 13.0. The molecule has 0 aliphatic rings. The lowest BCUT2D eigenvalue weighted by Crippen LogP contribution is -2.06. The Morgan fingerprint density at radius 2 is 1.50 bits per heavy atom. The summed E-state index contributed by atoms with van der Waals surface area (Å²) in [7, 11) is -8.91. The Morgan fingerprint density at radius 3 is 2.08 bits per heavy atom. The molecule has 10 heteroatoms.